The average Bonchev–Trinajstić information content (AvgIpc) is 3.14. The predicted octanol–water partition coefficient (Wildman–Crippen LogP) is 0.329. The average molecular weight is 344 g/mol. The van der Waals surface area contributed by atoms with Gasteiger partial charge < -0.3 is 14.6 Å². The Morgan fingerprint density at radius 2 is 1.91 bits per heavy atom. The highest BCUT2D eigenvalue weighted by atomic mass is 32.2. The van der Waals surface area contributed by atoms with Gasteiger partial charge in [-0.05, 0) is 30.6 Å². The van der Waals surface area contributed by atoms with Crippen LogP contribution in [-0.2, 0) is 20.6 Å². The third-order valence-electron chi connectivity index (χ3n) is 4.14. The maximum absolute atomic E-state index is 11.6. The predicted molar refractivity (Wildman–Crippen MR) is 85.2 cm³/mol. The number of carbonyl (C=O) groups is 1. The van der Waals surface area contributed by atoms with Crippen molar-refractivity contribution in [1.82, 2.24) is 9.44 Å². The molecule has 0 spiro atoms. The standard InChI is InChI=1S/C15H24N2O5S/c18-8-10-21-9-7-16-23(20)17-15(19)22-11-14-12-5-3-1-2-4-6-13(12)14/h12-14,16,18H,3-11H2,(H,17,19)/t12-,13+,14?,23?. The van der Waals surface area contributed by atoms with E-state index in [9.17, 15) is 9.00 Å². The van der Waals surface area contributed by atoms with Crippen molar-refractivity contribution < 1.29 is 23.6 Å². The Kier molecular flexibility index (Phi) is 7.82. The van der Waals surface area contributed by atoms with Gasteiger partial charge in [0.05, 0.1) is 26.4 Å². The van der Waals surface area contributed by atoms with E-state index in [-0.39, 0.29) is 13.2 Å². The fourth-order valence-electron chi connectivity index (χ4n) is 2.97. The van der Waals surface area contributed by atoms with Crippen molar-refractivity contribution in [3.63, 3.8) is 0 Å². The summed E-state index contributed by atoms with van der Waals surface area (Å²) in [6.07, 6.45) is 3.33. The Labute approximate surface area is 139 Å². The number of fused-ring (bicyclic) bond motifs is 1. The van der Waals surface area contributed by atoms with Gasteiger partial charge >= 0.3 is 6.09 Å². The van der Waals surface area contributed by atoms with Gasteiger partial charge in [0, 0.05) is 19.4 Å². The molecule has 2 aliphatic rings. The molecule has 8 heteroatoms. The van der Waals surface area contributed by atoms with Crippen LogP contribution in [0.5, 0.6) is 0 Å². The summed E-state index contributed by atoms with van der Waals surface area (Å²) < 4.78 is 26.5. The molecule has 130 valence electrons. The van der Waals surface area contributed by atoms with Crippen LogP contribution in [-0.4, -0.2) is 48.4 Å². The van der Waals surface area contributed by atoms with E-state index in [2.05, 4.69) is 21.3 Å². The highest BCUT2D eigenvalue weighted by Gasteiger charge is 2.49. The largest absolute Gasteiger partial charge is 0.449 e. The van der Waals surface area contributed by atoms with Crippen molar-refractivity contribution in [3.8, 4) is 11.8 Å². The monoisotopic (exact) mass is 344 g/mol. The Morgan fingerprint density at radius 3 is 2.57 bits per heavy atom. The summed E-state index contributed by atoms with van der Waals surface area (Å²) in [6, 6.07) is 0. The van der Waals surface area contributed by atoms with Crippen LogP contribution in [0.3, 0.4) is 0 Å². The maximum atomic E-state index is 11.6. The normalized spacial score (nSPS) is 26.7. The first-order valence-corrected chi connectivity index (χ1v) is 9.10. The van der Waals surface area contributed by atoms with Crippen LogP contribution in [0, 0.1) is 29.6 Å². The second kappa shape index (κ2) is 9.88. The maximum Gasteiger partial charge on any atom is 0.420 e. The molecule has 1 fully saturated rings. The Bertz CT molecular complexity index is 458. The molecule has 1 saturated carbocycles. The first-order chi connectivity index (χ1) is 11.2. The third-order valence-corrected chi connectivity index (χ3v) is 4.96. The first-order valence-electron chi connectivity index (χ1n) is 7.95. The number of aliphatic hydroxyl groups excluding tert-OH is 1. The summed E-state index contributed by atoms with van der Waals surface area (Å²) in [5.74, 6) is 7.93. The third kappa shape index (κ3) is 6.47. The molecule has 7 nitrogen and oxygen atoms in total. The van der Waals surface area contributed by atoms with Crippen molar-refractivity contribution in [2.75, 3.05) is 33.0 Å². The van der Waals surface area contributed by atoms with E-state index < -0.39 is 17.3 Å². The zero-order valence-electron chi connectivity index (χ0n) is 13.1. The minimum absolute atomic E-state index is 0.0526. The molecular formula is C15H24N2O5S. The van der Waals surface area contributed by atoms with Crippen LogP contribution in [0.1, 0.15) is 25.7 Å². The SMILES string of the molecule is O=C(NS(=O)NCCOCCO)OCC1[C@H]2CCC#CCC[C@@H]12. The molecule has 0 bridgehead atoms. The van der Waals surface area contributed by atoms with E-state index in [1.165, 1.54) is 0 Å². The van der Waals surface area contributed by atoms with Gasteiger partial charge in [-0.25, -0.2) is 18.4 Å². The van der Waals surface area contributed by atoms with Crippen LogP contribution < -0.4 is 9.44 Å². The molecule has 3 N–H and O–H groups in total. The van der Waals surface area contributed by atoms with E-state index in [4.69, 9.17) is 14.6 Å². The second-order valence-electron chi connectivity index (χ2n) is 5.62. The molecule has 4 atom stereocenters. The van der Waals surface area contributed by atoms with Gasteiger partial charge in [0.2, 0.25) is 0 Å². The van der Waals surface area contributed by atoms with Crippen LogP contribution in [0.2, 0.25) is 0 Å². The van der Waals surface area contributed by atoms with Gasteiger partial charge in [-0.2, -0.15) is 0 Å². The van der Waals surface area contributed by atoms with E-state index in [0.29, 0.717) is 37.5 Å². The molecule has 0 aliphatic heterocycles. The summed E-state index contributed by atoms with van der Waals surface area (Å²) in [5.41, 5.74) is 0. The van der Waals surface area contributed by atoms with Crippen LogP contribution in [0.15, 0.2) is 0 Å². The van der Waals surface area contributed by atoms with Crippen molar-refractivity contribution in [3.05, 3.63) is 0 Å². The number of ether oxygens (including phenoxy) is 2. The Morgan fingerprint density at radius 1 is 1.22 bits per heavy atom. The lowest BCUT2D eigenvalue weighted by Gasteiger charge is -2.07. The first kappa shape index (κ1) is 18.2. The van der Waals surface area contributed by atoms with Crippen molar-refractivity contribution in [2.24, 2.45) is 17.8 Å². The fourth-order valence-corrected chi connectivity index (χ4v) is 3.52. The lowest BCUT2D eigenvalue weighted by Crippen LogP contribution is -2.37. The number of carbonyl (C=O) groups excluding carboxylic acids is 1. The van der Waals surface area contributed by atoms with Crippen molar-refractivity contribution >= 4 is 17.3 Å². The molecule has 0 aromatic heterocycles. The number of rotatable bonds is 9. The molecule has 0 aromatic carbocycles. The molecule has 0 saturated heterocycles. The smallest absolute Gasteiger partial charge is 0.420 e. The van der Waals surface area contributed by atoms with E-state index in [0.717, 1.165) is 25.7 Å². The Hall–Kier alpha value is -1.14. The zero-order chi connectivity index (χ0) is 16.5. The minimum atomic E-state index is -1.70. The van der Waals surface area contributed by atoms with E-state index >= 15 is 0 Å². The number of aliphatic hydroxyl groups is 1. The molecule has 2 aliphatic carbocycles. The fraction of sp³-hybridized carbons (Fsp3) is 0.800. The van der Waals surface area contributed by atoms with Gasteiger partial charge in [-0.3, -0.25) is 0 Å². The lowest BCUT2D eigenvalue weighted by molar-refractivity contribution is 0.0962. The van der Waals surface area contributed by atoms with Gasteiger partial charge in [0.15, 0.2) is 11.2 Å². The van der Waals surface area contributed by atoms with Crippen molar-refractivity contribution in [1.29, 1.82) is 0 Å². The summed E-state index contributed by atoms with van der Waals surface area (Å²) in [6.45, 7) is 1.16. The highest BCUT2D eigenvalue weighted by Crippen LogP contribution is 2.52. The summed E-state index contributed by atoms with van der Waals surface area (Å²) in [4.78, 5) is 11.6. The van der Waals surface area contributed by atoms with E-state index in [1.807, 2.05) is 0 Å². The molecule has 0 radical (unpaired) electrons. The van der Waals surface area contributed by atoms with Crippen molar-refractivity contribution in [2.45, 2.75) is 25.7 Å². The summed E-state index contributed by atoms with van der Waals surface area (Å²) in [5, 5.41) is 8.52. The summed E-state index contributed by atoms with van der Waals surface area (Å²) in [7, 11) is 0. The summed E-state index contributed by atoms with van der Waals surface area (Å²) >= 11 is -1.70. The molecule has 0 aromatic rings. The molecule has 23 heavy (non-hydrogen) atoms. The number of nitrogens with one attached hydrogen (secondary N) is 2. The molecule has 2 rings (SSSR count). The highest BCUT2D eigenvalue weighted by molar-refractivity contribution is 7.81. The molecular weight excluding hydrogens is 320 g/mol. The minimum Gasteiger partial charge on any atom is -0.449 e. The van der Waals surface area contributed by atoms with Gasteiger partial charge in [0.1, 0.15) is 0 Å². The number of hydrogen-bond donors (Lipinski definition) is 3. The number of amides is 1. The quantitative estimate of drug-likeness (QED) is 0.414. The van der Waals surface area contributed by atoms with E-state index in [1.54, 1.807) is 0 Å². The lowest BCUT2D eigenvalue weighted by atomic mass is 10.1. The van der Waals surface area contributed by atoms with Gasteiger partial charge in [-0.1, -0.05) is 0 Å². The van der Waals surface area contributed by atoms with Gasteiger partial charge in [-0.15, -0.1) is 11.8 Å². The Balaban J connectivity index is 1.54. The van der Waals surface area contributed by atoms with Crippen LogP contribution >= 0.6 is 0 Å². The molecule has 0 heterocycles. The zero-order valence-corrected chi connectivity index (χ0v) is 13.9. The molecule has 1 amide bonds. The topological polar surface area (TPSA) is 96.9 Å². The molecule has 2 unspecified atom stereocenters. The number of hydrogen-bond acceptors (Lipinski definition) is 5. The van der Waals surface area contributed by atoms with Gasteiger partial charge in [0.25, 0.3) is 0 Å². The second-order valence-corrected chi connectivity index (χ2v) is 6.65. The van der Waals surface area contributed by atoms with Crippen LogP contribution in [0.4, 0.5) is 4.79 Å². The van der Waals surface area contributed by atoms with Crippen LogP contribution in [0.25, 0.3) is 0 Å².